The lowest BCUT2D eigenvalue weighted by Crippen LogP contribution is -2.04. The molecule has 2 aromatic heterocycles. The van der Waals surface area contributed by atoms with Crippen LogP contribution >= 0.6 is 15.9 Å². The normalized spacial score (nSPS) is 10.7. The molecule has 9 heteroatoms. The quantitative estimate of drug-likeness (QED) is 0.502. The summed E-state index contributed by atoms with van der Waals surface area (Å²) in [5.74, 6) is 0.230. The van der Waals surface area contributed by atoms with Gasteiger partial charge in [-0.05, 0) is 68.3 Å². The minimum absolute atomic E-state index is 0.311. The predicted octanol–water partition coefficient (Wildman–Crippen LogP) is 3.35. The Morgan fingerprint density at radius 1 is 1.07 bits per heavy atom. The van der Waals surface area contributed by atoms with E-state index in [1.807, 2.05) is 12.1 Å². The van der Waals surface area contributed by atoms with E-state index < -0.39 is 0 Å². The second-order valence-electron chi connectivity index (χ2n) is 5.71. The van der Waals surface area contributed by atoms with E-state index in [9.17, 15) is 4.39 Å². The first-order valence-corrected chi connectivity index (χ1v) is 8.70. The summed E-state index contributed by atoms with van der Waals surface area (Å²) < 4.78 is 17.1. The molecule has 0 unspecified atom stereocenters. The molecule has 2 aromatic carbocycles. The van der Waals surface area contributed by atoms with E-state index in [1.54, 1.807) is 39.8 Å². The van der Waals surface area contributed by atoms with Crippen molar-refractivity contribution in [3.63, 3.8) is 0 Å². The molecule has 0 aliphatic rings. The molecule has 0 aliphatic carbocycles. The Bertz CT molecular complexity index is 1120. The molecule has 0 saturated heterocycles. The van der Waals surface area contributed by atoms with Crippen molar-refractivity contribution in [2.24, 2.45) is 0 Å². The Morgan fingerprint density at radius 3 is 2.52 bits per heavy atom. The van der Waals surface area contributed by atoms with E-state index >= 15 is 0 Å². The van der Waals surface area contributed by atoms with Crippen molar-refractivity contribution in [3.05, 3.63) is 76.3 Å². The van der Waals surface area contributed by atoms with Gasteiger partial charge in [0.25, 0.3) is 0 Å². The summed E-state index contributed by atoms with van der Waals surface area (Å²) in [6, 6.07) is 15.3. The van der Waals surface area contributed by atoms with Crippen molar-refractivity contribution in [3.8, 4) is 23.1 Å². The van der Waals surface area contributed by atoms with Crippen LogP contribution in [0.5, 0.6) is 0 Å². The number of nitrogens with zero attached hydrogens (tertiary/aromatic N) is 7. The molecule has 0 bridgehead atoms. The summed E-state index contributed by atoms with van der Waals surface area (Å²) >= 11 is 3.53. The number of hydrogen-bond donors (Lipinski definition) is 0. The van der Waals surface area contributed by atoms with E-state index in [0.717, 1.165) is 5.56 Å². The summed E-state index contributed by atoms with van der Waals surface area (Å²) in [7, 11) is 0. The van der Waals surface area contributed by atoms with Crippen LogP contribution in [0.25, 0.3) is 17.1 Å². The first-order chi connectivity index (χ1) is 13.2. The lowest BCUT2D eigenvalue weighted by Gasteiger charge is -2.06. The van der Waals surface area contributed by atoms with Crippen LogP contribution in [0.4, 0.5) is 4.39 Å². The van der Waals surface area contributed by atoms with Gasteiger partial charge in [-0.15, -0.1) is 5.10 Å². The summed E-state index contributed by atoms with van der Waals surface area (Å²) in [6.45, 7) is 0.447. The minimum Gasteiger partial charge on any atom is -0.226 e. The van der Waals surface area contributed by atoms with Crippen molar-refractivity contribution in [2.75, 3.05) is 0 Å². The van der Waals surface area contributed by atoms with Gasteiger partial charge < -0.3 is 0 Å². The molecule has 0 N–H and O–H groups in total. The summed E-state index contributed by atoms with van der Waals surface area (Å²) in [4.78, 5) is 0. The fraction of sp³-hybridized carbons (Fsp3) is 0.0556. The van der Waals surface area contributed by atoms with Gasteiger partial charge in [-0.3, -0.25) is 0 Å². The maximum atomic E-state index is 13.2. The van der Waals surface area contributed by atoms with Crippen LogP contribution in [0, 0.1) is 17.1 Å². The van der Waals surface area contributed by atoms with Crippen LogP contribution in [0.2, 0.25) is 0 Å². The fourth-order valence-electron chi connectivity index (χ4n) is 2.61. The van der Waals surface area contributed by atoms with Crippen molar-refractivity contribution >= 4 is 15.9 Å². The van der Waals surface area contributed by atoms with Gasteiger partial charge in [-0.25, -0.2) is 13.8 Å². The van der Waals surface area contributed by atoms with Crippen molar-refractivity contribution < 1.29 is 4.39 Å². The molecule has 0 fully saturated rings. The van der Waals surface area contributed by atoms with Gasteiger partial charge in [0.05, 0.1) is 35.6 Å². The standard InChI is InChI=1S/C18H11BrFN7/c19-17-16(10-22-27(17)15-7-5-14(20)6-8-15)18-23-24-25-26(18)11-13-3-1-12(9-21)2-4-13/h1-8,10H,11H2. The Morgan fingerprint density at radius 2 is 1.81 bits per heavy atom. The van der Waals surface area contributed by atoms with E-state index in [0.29, 0.717) is 33.8 Å². The van der Waals surface area contributed by atoms with Gasteiger partial charge in [0.1, 0.15) is 10.4 Å². The van der Waals surface area contributed by atoms with E-state index in [4.69, 9.17) is 5.26 Å². The van der Waals surface area contributed by atoms with Crippen LogP contribution < -0.4 is 0 Å². The average molecular weight is 424 g/mol. The highest BCUT2D eigenvalue weighted by Gasteiger charge is 2.18. The average Bonchev–Trinajstić information content (AvgIpc) is 3.29. The molecule has 0 atom stereocenters. The molecule has 0 amide bonds. The lowest BCUT2D eigenvalue weighted by molar-refractivity contribution is 0.627. The molecule has 0 radical (unpaired) electrons. The number of nitriles is 1. The fourth-order valence-corrected chi connectivity index (χ4v) is 3.18. The molecule has 7 nitrogen and oxygen atoms in total. The third kappa shape index (κ3) is 3.35. The number of tetrazole rings is 1. The smallest absolute Gasteiger partial charge is 0.186 e. The zero-order valence-electron chi connectivity index (χ0n) is 13.8. The third-order valence-corrected chi connectivity index (χ3v) is 4.73. The second-order valence-corrected chi connectivity index (χ2v) is 6.46. The topological polar surface area (TPSA) is 85.2 Å². The van der Waals surface area contributed by atoms with E-state index in [-0.39, 0.29) is 5.82 Å². The van der Waals surface area contributed by atoms with Crippen molar-refractivity contribution in [1.29, 1.82) is 5.26 Å². The van der Waals surface area contributed by atoms with Gasteiger partial charge in [0.15, 0.2) is 5.82 Å². The molecule has 0 saturated carbocycles. The Kier molecular flexibility index (Phi) is 4.48. The van der Waals surface area contributed by atoms with Crippen molar-refractivity contribution in [2.45, 2.75) is 6.54 Å². The second kappa shape index (κ2) is 7.09. The van der Waals surface area contributed by atoms with Gasteiger partial charge in [0.2, 0.25) is 0 Å². The molecular formula is C18H11BrFN7. The Hall–Kier alpha value is -3.38. The van der Waals surface area contributed by atoms with Gasteiger partial charge in [-0.1, -0.05) is 12.1 Å². The number of hydrogen-bond acceptors (Lipinski definition) is 5. The van der Waals surface area contributed by atoms with Crippen LogP contribution in [0.3, 0.4) is 0 Å². The summed E-state index contributed by atoms with van der Waals surface area (Å²) in [6.07, 6.45) is 1.65. The van der Waals surface area contributed by atoms with Crippen molar-refractivity contribution in [1.82, 2.24) is 30.0 Å². The Balaban J connectivity index is 1.66. The highest BCUT2D eigenvalue weighted by atomic mass is 79.9. The molecular weight excluding hydrogens is 413 g/mol. The number of aromatic nitrogens is 6. The maximum Gasteiger partial charge on any atom is 0.186 e. The maximum absolute atomic E-state index is 13.2. The molecule has 2 heterocycles. The zero-order valence-corrected chi connectivity index (χ0v) is 15.4. The molecule has 0 spiro atoms. The third-order valence-electron chi connectivity index (χ3n) is 3.97. The first-order valence-electron chi connectivity index (χ1n) is 7.91. The first kappa shape index (κ1) is 17.1. The minimum atomic E-state index is -0.311. The monoisotopic (exact) mass is 423 g/mol. The number of rotatable bonds is 4. The molecule has 27 heavy (non-hydrogen) atoms. The van der Waals surface area contributed by atoms with E-state index in [1.165, 1.54) is 12.1 Å². The molecule has 0 aliphatic heterocycles. The highest BCUT2D eigenvalue weighted by Crippen LogP contribution is 2.28. The molecule has 4 rings (SSSR count). The molecule has 4 aromatic rings. The number of halogens is 2. The van der Waals surface area contributed by atoms with Crippen LogP contribution in [-0.4, -0.2) is 30.0 Å². The SMILES string of the molecule is N#Cc1ccc(Cn2nnnc2-c2cnn(-c3ccc(F)cc3)c2Br)cc1. The Labute approximate surface area is 161 Å². The summed E-state index contributed by atoms with van der Waals surface area (Å²) in [5, 5.41) is 25.2. The summed E-state index contributed by atoms with van der Waals surface area (Å²) in [5.41, 5.74) is 2.97. The predicted molar refractivity (Wildman–Crippen MR) is 98.3 cm³/mol. The largest absolute Gasteiger partial charge is 0.226 e. The van der Waals surface area contributed by atoms with Crippen LogP contribution in [-0.2, 0) is 6.54 Å². The van der Waals surface area contributed by atoms with Gasteiger partial charge in [0, 0.05) is 0 Å². The van der Waals surface area contributed by atoms with Gasteiger partial charge in [-0.2, -0.15) is 10.4 Å². The van der Waals surface area contributed by atoms with Crippen LogP contribution in [0.1, 0.15) is 11.1 Å². The van der Waals surface area contributed by atoms with Crippen LogP contribution in [0.15, 0.2) is 59.3 Å². The highest BCUT2D eigenvalue weighted by molar-refractivity contribution is 9.10. The lowest BCUT2D eigenvalue weighted by atomic mass is 10.1. The number of benzene rings is 2. The zero-order chi connectivity index (χ0) is 18.8. The van der Waals surface area contributed by atoms with Gasteiger partial charge >= 0.3 is 0 Å². The molecule has 132 valence electrons. The van der Waals surface area contributed by atoms with E-state index in [2.05, 4.69) is 42.6 Å².